The third-order valence-electron chi connectivity index (χ3n) is 5.51. The molecule has 0 spiro atoms. The van der Waals surface area contributed by atoms with E-state index < -0.39 is 17.8 Å². The molecule has 0 unspecified atom stereocenters. The molecule has 156 valence electrons. The van der Waals surface area contributed by atoms with Crippen LogP contribution in [-0.4, -0.2) is 36.5 Å². The molecule has 4 rings (SSSR count). The smallest absolute Gasteiger partial charge is 0.431 e. The number of hydrogen-bond donors (Lipinski definition) is 1. The molecule has 8 heteroatoms. The molecule has 2 aliphatic rings. The number of aromatic nitrogens is 1. The van der Waals surface area contributed by atoms with Gasteiger partial charge in [-0.05, 0) is 43.7 Å². The first-order valence-electron chi connectivity index (χ1n) is 10.1. The van der Waals surface area contributed by atoms with Crippen molar-refractivity contribution in [2.45, 2.75) is 37.8 Å². The van der Waals surface area contributed by atoms with Crippen molar-refractivity contribution in [1.29, 1.82) is 0 Å². The van der Waals surface area contributed by atoms with Crippen LogP contribution in [0.3, 0.4) is 0 Å². The molecule has 2 aromatic rings. The Labute approximate surface area is 172 Å². The normalized spacial score (nSPS) is 25.8. The van der Waals surface area contributed by atoms with Gasteiger partial charge in [0, 0.05) is 26.5 Å². The van der Waals surface area contributed by atoms with Crippen LogP contribution in [0.4, 0.5) is 18.9 Å². The first kappa shape index (κ1) is 18.9. The predicted octanol–water partition coefficient (Wildman–Crippen LogP) is 5.39. The molecule has 0 saturated heterocycles. The SMILES string of the molecule is [2H]C1(c2nc3cc(OC)c(N4CC=CC=C4C(F)(F)F)cc3s2)CCC(CO)CC1. The summed E-state index contributed by atoms with van der Waals surface area (Å²) < 4.78 is 55.7. The average Bonchev–Trinajstić information content (AvgIpc) is 3.16. The summed E-state index contributed by atoms with van der Waals surface area (Å²) in [4.78, 5) is 5.84. The Morgan fingerprint density at radius 1 is 1.31 bits per heavy atom. The lowest BCUT2D eigenvalue weighted by Gasteiger charge is -2.30. The first-order chi connectivity index (χ1) is 14.2. The molecule has 1 N–H and O–H groups in total. The predicted molar refractivity (Wildman–Crippen MR) is 109 cm³/mol. The highest BCUT2D eigenvalue weighted by molar-refractivity contribution is 7.18. The maximum absolute atomic E-state index is 13.5. The minimum absolute atomic E-state index is 0.0871. The Kier molecular flexibility index (Phi) is 5.22. The number of anilines is 1. The van der Waals surface area contributed by atoms with E-state index in [1.54, 1.807) is 18.2 Å². The first-order valence-corrected chi connectivity index (χ1v) is 10.4. The number of rotatable bonds is 4. The molecular formula is C21H23F3N2O2S. The summed E-state index contributed by atoms with van der Waals surface area (Å²) in [7, 11) is 1.43. The van der Waals surface area contributed by atoms with E-state index in [-0.39, 0.29) is 19.1 Å². The number of alkyl halides is 3. The Hall–Kier alpha value is -2.06. The lowest BCUT2D eigenvalue weighted by atomic mass is 9.83. The molecule has 1 saturated carbocycles. The van der Waals surface area contributed by atoms with E-state index in [1.165, 1.54) is 29.4 Å². The zero-order valence-electron chi connectivity index (χ0n) is 17.0. The number of ether oxygens (including phenoxy) is 1. The number of aliphatic hydroxyl groups excluding tert-OH is 1. The second-order valence-corrected chi connectivity index (χ2v) is 8.36. The molecule has 1 fully saturated rings. The molecule has 1 aliphatic carbocycles. The third-order valence-corrected chi connectivity index (χ3v) is 6.63. The van der Waals surface area contributed by atoms with Crippen LogP contribution in [0.15, 0.2) is 36.1 Å². The van der Waals surface area contributed by atoms with Crippen LogP contribution in [0.2, 0.25) is 0 Å². The number of nitrogens with zero attached hydrogens (tertiary/aromatic N) is 2. The number of methoxy groups -OCH3 is 1. The molecule has 2 heterocycles. The van der Waals surface area contributed by atoms with Crippen LogP contribution in [0.1, 0.15) is 38.0 Å². The fourth-order valence-electron chi connectivity index (χ4n) is 3.88. The topological polar surface area (TPSA) is 45.6 Å². The van der Waals surface area contributed by atoms with Gasteiger partial charge in [0.05, 0.1) is 28.0 Å². The Morgan fingerprint density at radius 2 is 2.07 bits per heavy atom. The second-order valence-electron chi connectivity index (χ2n) is 7.33. The van der Waals surface area contributed by atoms with E-state index in [4.69, 9.17) is 6.11 Å². The summed E-state index contributed by atoms with van der Waals surface area (Å²) in [6, 6.07) is 3.33. The zero-order valence-corrected chi connectivity index (χ0v) is 16.8. The molecule has 1 aromatic heterocycles. The minimum Gasteiger partial charge on any atom is -0.494 e. The number of hydrogen-bond acceptors (Lipinski definition) is 5. The summed E-state index contributed by atoms with van der Waals surface area (Å²) in [6.07, 6.45) is 2.40. The van der Waals surface area contributed by atoms with E-state index in [0.29, 0.717) is 34.8 Å². The highest BCUT2D eigenvalue weighted by atomic mass is 32.1. The van der Waals surface area contributed by atoms with E-state index in [2.05, 4.69) is 4.98 Å². The Balaban J connectivity index is 1.73. The molecule has 29 heavy (non-hydrogen) atoms. The summed E-state index contributed by atoms with van der Waals surface area (Å²) in [5.74, 6) is -0.287. The number of allylic oxidation sites excluding steroid dienone is 3. The van der Waals surface area contributed by atoms with Crippen molar-refractivity contribution in [3.8, 4) is 5.75 Å². The summed E-state index contributed by atoms with van der Waals surface area (Å²) in [6.45, 7) is 0.222. The van der Waals surface area contributed by atoms with Crippen molar-refractivity contribution >= 4 is 27.2 Å². The van der Waals surface area contributed by atoms with E-state index in [9.17, 15) is 18.3 Å². The summed E-state index contributed by atoms with van der Waals surface area (Å²) in [5.41, 5.74) is 0.208. The number of thiazole rings is 1. The quantitative estimate of drug-likeness (QED) is 0.713. The van der Waals surface area contributed by atoms with Crippen LogP contribution in [-0.2, 0) is 0 Å². The van der Waals surface area contributed by atoms with Crippen LogP contribution >= 0.6 is 11.3 Å². The summed E-state index contributed by atoms with van der Waals surface area (Å²) >= 11 is 1.36. The molecule has 0 radical (unpaired) electrons. The Morgan fingerprint density at radius 3 is 2.72 bits per heavy atom. The maximum atomic E-state index is 13.5. The Bertz CT molecular complexity index is 994. The van der Waals surface area contributed by atoms with Crippen LogP contribution in [0, 0.1) is 5.92 Å². The largest absolute Gasteiger partial charge is 0.494 e. The van der Waals surface area contributed by atoms with Gasteiger partial charge in [0.1, 0.15) is 11.4 Å². The molecule has 1 aromatic carbocycles. The average molecular weight is 425 g/mol. The highest BCUT2D eigenvalue weighted by Gasteiger charge is 2.39. The maximum Gasteiger partial charge on any atom is 0.431 e. The fourth-order valence-corrected chi connectivity index (χ4v) is 4.96. The summed E-state index contributed by atoms with van der Waals surface area (Å²) in [5, 5.41) is 10.0. The van der Waals surface area contributed by atoms with Crippen molar-refractivity contribution in [2.75, 3.05) is 25.2 Å². The number of halogens is 3. The van der Waals surface area contributed by atoms with Crippen molar-refractivity contribution in [3.05, 3.63) is 41.1 Å². The van der Waals surface area contributed by atoms with Gasteiger partial charge in [-0.3, -0.25) is 0 Å². The van der Waals surface area contributed by atoms with Gasteiger partial charge in [-0.1, -0.05) is 12.2 Å². The molecular weight excluding hydrogens is 401 g/mol. The number of aliphatic hydroxyl groups is 1. The van der Waals surface area contributed by atoms with E-state index >= 15 is 0 Å². The molecule has 0 bridgehead atoms. The number of benzene rings is 1. The lowest BCUT2D eigenvalue weighted by Crippen LogP contribution is -2.33. The minimum atomic E-state index is -4.49. The van der Waals surface area contributed by atoms with Gasteiger partial charge >= 0.3 is 6.18 Å². The highest BCUT2D eigenvalue weighted by Crippen LogP contribution is 2.44. The number of fused-ring (bicyclic) bond motifs is 1. The molecule has 0 atom stereocenters. The van der Waals surface area contributed by atoms with Gasteiger partial charge in [-0.2, -0.15) is 13.2 Å². The van der Waals surface area contributed by atoms with Gasteiger partial charge < -0.3 is 14.7 Å². The lowest BCUT2D eigenvalue weighted by molar-refractivity contribution is -0.0933. The second kappa shape index (κ2) is 7.99. The van der Waals surface area contributed by atoms with Crippen LogP contribution in [0.5, 0.6) is 5.75 Å². The van der Waals surface area contributed by atoms with Crippen molar-refractivity contribution in [2.24, 2.45) is 5.92 Å². The van der Waals surface area contributed by atoms with Gasteiger partial charge in [0.15, 0.2) is 0 Å². The van der Waals surface area contributed by atoms with Crippen molar-refractivity contribution in [3.63, 3.8) is 0 Å². The monoisotopic (exact) mass is 425 g/mol. The van der Waals surface area contributed by atoms with Gasteiger partial charge in [0.25, 0.3) is 0 Å². The van der Waals surface area contributed by atoms with Gasteiger partial charge in [-0.15, -0.1) is 11.3 Å². The fraction of sp³-hybridized carbons (Fsp3) is 0.476. The van der Waals surface area contributed by atoms with Gasteiger partial charge in [-0.25, -0.2) is 4.98 Å². The third kappa shape index (κ3) is 4.00. The van der Waals surface area contributed by atoms with Gasteiger partial charge in [0.2, 0.25) is 0 Å². The molecule has 0 amide bonds. The van der Waals surface area contributed by atoms with E-state index in [0.717, 1.165) is 23.6 Å². The zero-order chi connectivity index (χ0) is 21.5. The molecule has 1 aliphatic heterocycles. The van der Waals surface area contributed by atoms with Crippen molar-refractivity contribution in [1.82, 2.24) is 4.98 Å². The standard InChI is InChI=1S/C21H23F3N2O2S/c1-28-17-10-15-18(29-20(25-15)14-7-5-13(12-27)6-8-14)11-16(17)26-9-3-2-4-19(26)21(22,23)24/h2-4,10-11,13-14,27H,5-9,12H2,1H3/i14D. The van der Waals surface area contributed by atoms with E-state index in [1.807, 2.05) is 0 Å². The van der Waals surface area contributed by atoms with Crippen molar-refractivity contribution < 1.29 is 24.4 Å². The van der Waals surface area contributed by atoms with Crippen LogP contribution in [0.25, 0.3) is 10.2 Å². The van der Waals surface area contributed by atoms with Crippen LogP contribution < -0.4 is 9.64 Å². The molecule has 4 nitrogen and oxygen atoms in total.